The van der Waals surface area contributed by atoms with E-state index in [1.807, 2.05) is 76.5 Å². The van der Waals surface area contributed by atoms with Crippen molar-refractivity contribution in [2.45, 2.75) is 122 Å². The lowest BCUT2D eigenvalue weighted by molar-refractivity contribution is -0.144. The van der Waals surface area contributed by atoms with E-state index in [0.717, 1.165) is 60.1 Å². The van der Waals surface area contributed by atoms with Gasteiger partial charge in [0, 0.05) is 76.2 Å². The van der Waals surface area contributed by atoms with Crippen LogP contribution in [0.25, 0.3) is 10.4 Å². The fraction of sp³-hybridized carbons (Fsp3) is 0.500. The summed E-state index contributed by atoms with van der Waals surface area (Å²) in [5.74, 6) is 0.288. The average Bonchev–Trinajstić information content (AvgIpc) is 3.91. The zero-order valence-electron chi connectivity index (χ0n) is 39.1. The van der Waals surface area contributed by atoms with Gasteiger partial charge in [0.15, 0.2) is 0 Å². The smallest absolute Gasteiger partial charge is 0.253 e. The highest BCUT2D eigenvalue weighted by Crippen LogP contribution is 2.31. The monoisotopic (exact) mass is 951 g/mol. The van der Waals surface area contributed by atoms with E-state index in [2.05, 4.69) is 42.6 Å². The second kappa shape index (κ2) is 21.6. The fourth-order valence-electron chi connectivity index (χ4n) is 8.99. The summed E-state index contributed by atoms with van der Waals surface area (Å²) < 4.78 is 5.95. The molecule has 7 rings (SSSR count). The summed E-state index contributed by atoms with van der Waals surface area (Å²) in [6.45, 7) is 14.9. The predicted octanol–water partition coefficient (Wildman–Crippen LogP) is 6.43. The molecule has 3 fully saturated rings. The minimum Gasteiger partial charge on any atom is -0.490 e. The van der Waals surface area contributed by atoms with Crippen molar-refractivity contribution in [2.75, 3.05) is 37.6 Å². The number of unbranched alkanes of at least 4 members (excludes halogenated alkanes) is 1. The summed E-state index contributed by atoms with van der Waals surface area (Å²) >= 11 is 7.70. The molecular formula is C50H62ClN9O6S. The molecule has 0 bridgehead atoms. The molecule has 2 saturated heterocycles. The SMILES string of the molecule is Cc1ncsc1-c1ccc([C@H](C)NC(=O)[C@@H]2C[C@@H](O)CN2C(=O)[C@@H](NC(=O)CCCCN2CCN(c3ccc(C(=O)N[C@H]4C[C@H](Oc5ccc(C#N)c(Cl)c5)C4)cn3)C[C@H]2C)C(C)(C)C)cc1. The van der Waals surface area contributed by atoms with Crippen molar-refractivity contribution >= 4 is 52.4 Å². The van der Waals surface area contributed by atoms with E-state index in [9.17, 15) is 24.3 Å². The maximum Gasteiger partial charge on any atom is 0.253 e. The third-order valence-corrected chi connectivity index (χ3v) is 14.3. The van der Waals surface area contributed by atoms with Crippen LogP contribution >= 0.6 is 22.9 Å². The Labute approximate surface area is 402 Å². The number of halogens is 1. The first-order chi connectivity index (χ1) is 32.0. The zero-order chi connectivity index (χ0) is 48.0. The Kier molecular flexibility index (Phi) is 15.9. The Balaban J connectivity index is 0.820. The van der Waals surface area contributed by atoms with Crippen LogP contribution in [0.4, 0.5) is 5.82 Å². The molecule has 0 radical (unpaired) electrons. The van der Waals surface area contributed by atoms with Gasteiger partial charge < -0.3 is 35.6 Å². The first-order valence-corrected chi connectivity index (χ1v) is 24.4. The molecule has 4 amide bonds. The van der Waals surface area contributed by atoms with Crippen LogP contribution in [0, 0.1) is 23.7 Å². The number of thiazole rings is 1. The predicted molar refractivity (Wildman–Crippen MR) is 259 cm³/mol. The normalized spacial score (nSPS) is 21.7. The highest BCUT2D eigenvalue weighted by molar-refractivity contribution is 7.13. The first kappa shape index (κ1) is 49.3. The number of amides is 4. The number of likely N-dealkylation sites (tertiary alicyclic amines) is 1. The van der Waals surface area contributed by atoms with E-state index in [4.69, 9.17) is 21.6 Å². The van der Waals surface area contributed by atoms with Crippen LogP contribution in [0.2, 0.25) is 5.02 Å². The van der Waals surface area contributed by atoms with Crippen LogP contribution in [0.5, 0.6) is 5.75 Å². The van der Waals surface area contributed by atoms with Gasteiger partial charge in [-0.15, -0.1) is 11.3 Å². The zero-order valence-corrected chi connectivity index (χ0v) is 40.7. The summed E-state index contributed by atoms with van der Waals surface area (Å²) in [5.41, 5.74) is 5.00. The van der Waals surface area contributed by atoms with Gasteiger partial charge in [-0.2, -0.15) is 5.26 Å². The standard InChI is InChI=1S/C50H62ClN9O6S/c1-30-27-59(43-17-15-36(26-53-43)47(63)56-37-21-40(22-37)66-39-16-14-35(25-52)41(51)24-39)20-19-58(30)18-8-7-9-44(62)57-46(50(4,5)6)49(65)60-28-38(61)23-42(60)48(64)55-31(2)33-10-12-34(13-11-33)45-32(3)54-29-67-45/h10-17,24,26,29-31,37-38,40,42,46,61H,7-9,18-23,27-28H2,1-6H3,(H,55,64)(H,56,63)(H,57,62)/t30-,31+,37-,38-,40-,42+,46-/m1/s1. The number of piperazine rings is 1. The number of pyridine rings is 1. The van der Waals surface area contributed by atoms with E-state index in [1.165, 1.54) is 4.90 Å². The quantitative estimate of drug-likeness (QED) is 0.0906. The minimum atomic E-state index is -0.885. The van der Waals surface area contributed by atoms with Crippen LogP contribution in [-0.4, -0.2) is 118 Å². The second-order valence-corrected chi connectivity index (χ2v) is 20.5. The van der Waals surface area contributed by atoms with Crippen molar-refractivity contribution in [3.8, 4) is 22.3 Å². The van der Waals surface area contributed by atoms with Crippen molar-refractivity contribution in [3.05, 3.63) is 93.7 Å². The second-order valence-electron chi connectivity index (χ2n) is 19.2. The first-order valence-electron chi connectivity index (χ1n) is 23.2. The van der Waals surface area contributed by atoms with E-state index in [1.54, 1.807) is 41.8 Å². The van der Waals surface area contributed by atoms with Gasteiger partial charge in [0.05, 0.1) is 44.4 Å². The van der Waals surface area contributed by atoms with Gasteiger partial charge in [0.25, 0.3) is 5.91 Å². The Bertz CT molecular complexity index is 2430. The molecule has 1 saturated carbocycles. The van der Waals surface area contributed by atoms with Gasteiger partial charge >= 0.3 is 0 Å². The van der Waals surface area contributed by atoms with Gasteiger partial charge in [-0.1, -0.05) is 56.6 Å². The van der Waals surface area contributed by atoms with Crippen LogP contribution in [-0.2, 0) is 14.4 Å². The molecule has 3 aliphatic rings. The molecule has 2 aromatic carbocycles. The number of nitrogens with zero attached hydrogens (tertiary/aromatic N) is 6. The van der Waals surface area contributed by atoms with Crippen molar-refractivity contribution in [1.82, 2.24) is 35.7 Å². The molecule has 15 nitrogen and oxygen atoms in total. The van der Waals surface area contributed by atoms with Gasteiger partial charge in [0.2, 0.25) is 17.7 Å². The third-order valence-electron chi connectivity index (χ3n) is 13.1. The molecular weight excluding hydrogens is 890 g/mol. The number of β-amino-alcohol motifs (C(OH)–C–C–N with tert-alkyl or cyclic N) is 1. The van der Waals surface area contributed by atoms with E-state index >= 15 is 0 Å². The molecule has 4 N–H and O–H groups in total. The molecule has 2 aliphatic heterocycles. The molecule has 2 aromatic heterocycles. The Morgan fingerprint density at radius 1 is 1.00 bits per heavy atom. The van der Waals surface area contributed by atoms with Gasteiger partial charge in [0.1, 0.15) is 35.8 Å². The van der Waals surface area contributed by atoms with Crippen molar-refractivity contribution in [3.63, 3.8) is 0 Å². The number of benzene rings is 2. The highest BCUT2D eigenvalue weighted by atomic mass is 35.5. The maximum absolute atomic E-state index is 14.2. The molecule has 17 heteroatoms. The average molecular weight is 953 g/mol. The third kappa shape index (κ3) is 12.3. The van der Waals surface area contributed by atoms with Crippen LogP contribution in [0.15, 0.2) is 66.3 Å². The Morgan fingerprint density at radius 2 is 1.76 bits per heavy atom. The fourth-order valence-corrected chi connectivity index (χ4v) is 10.0. The van der Waals surface area contributed by atoms with Crippen molar-refractivity contribution in [1.29, 1.82) is 5.26 Å². The molecule has 5 atom stereocenters. The minimum absolute atomic E-state index is 0.00538. The van der Waals surface area contributed by atoms with E-state index in [-0.39, 0.29) is 67.2 Å². The van der Waals surface area contributed by atoms with E-state index in [0.29, 0.717) is 41.2 Å². The largest absolute Gasteiger partial charge is 0.490 e. The number of hydrogen-bond donors (Lipinski definition) is 4. The lowest BCUT2D eigenvalue weighted by atomic mass is 9.85. The molecule has 356 valence electrons. The summed E-state index contributed by atoms with van der Waals surface area (Å²) in [7, 11) is 0. The molecule has 4 aromatic rings. The van der Waals surface area contributed by atoms with Crippen LogP contribution < -0.4 is 25.6 Å². The van der Waals surface area contributed by atoms with Crippen molar-refractivity contribution in [2.24, 2.45) is 5.41 Å². The number of carbonyl (C=O) groups is 4. The Hall–Kier alpha value is -5.60. The van der Waals surface area contributed by atoms with Gasteiger partial charge in [-0.3, -0.25) is 24.1 Å². The van der Waals surface area contributed by atoms with Gasteiger partial charge in [-0.05, 0) is 81.0 Å². The number of anilines is 1. The number of hydrogen-bond acceptors (Lipinski definition) is 12. The van der Waals surface area contributed by atoms with E-state index < -0.39 is 23.6 Å². The number of aliphatic hydroxyl groups is 1. The topological polar surface area (TPSA) is 193 Å². The maximum atomic E-state index is 14.2. The molecule has 0 unspecified atom stereocenters. The summed E-state index contributed by atoms with van der Waals surface area (Å²) in [5, 5.41) is 29.2. The molecule has 67 heavy (non-hydrogen) atoms. The van der Waals surface area contributed by atoms with Gasteiger partial charge in [-0.25, -0.2) is 9.97 Å². The number of nitriles is 1. The van der Waals surface area contributed by atoms with Crippen molar-refractivity contribution < 1.29 is 29.0 Å². The summed E-state index contributed by atoms with van der Waals surface area (Å²) in [6, 6.07) is 16.9. The van der Waals surface area contributed by atoms with Crippen LogP contribution in [0.3, 0.4) is 0 Å². The number of carbonyl (C=O) groups excluding carboxylic acids is 4. The number of aryl methyl sites for hydroxylation is 1. The summed E-state index contributed by atoms with van der Waals surface area (Å²) in [6.07, 6.45) is 3.88. The highest BCUT2D eigenvalue weighted by Gasteiger charge is 2.45. The number of aromatic nitrogens is 2. The molecule has 4 heterocycles. The number of ether oxygens (including phenoxy) is 1. The van der Waals surface area contributed by atoms with Crippen LogP contribution in [0.1, 0.15) is 106 Å². The molecule has 1 aliphatic carbocycles. The lowest BCUT2D eigenvalue weighted by Crippen LogP contribution is -2.57. The lowest BCUT2D eigenvalue weighted by Gasteiger charge is -2.40. The summed E-state index contributed by atoms with van der Waals surface area (Å²) in [4.78, 5) is 70.4. The Morgan fingerprint density at radius 3 is 2.40 bits per heavy atom. The number of rotatable bonds is 16. The molecule has 0 spiro atoms. The number of nitrogens with one attached hydrogen (secondary N) is 3. The number of aliphatic hydroxyl groups excluding tert-OH is 1.